The number of methoxy groups -OCH3 is 1. The first-order valence-electron chi connectivity index (χ1n) is 8.25. The van der Waals surface area contributed by atoms with Gasteiger partial charge < -0.3 is 9.30 Å². The van der Waals surface area contributed by atoms with E-state index in [0.717, 1.165) is 11.3 Å². The average Bonchev–Trinajstić information content (AvgIpc) is 3.08. The largest absolute Gasteiger partial charge is 0.496 e. The molecule has 0 aliphatic heterocycles. The fourth-order valence-corrected chi connectivity index (χ4v) is 4.62. The number of ether oxygens (including phenoxy) is 1. The van der Waals surface area contributed by atoms with Gasteiger partial charge in [-0.2, -0.15) is 0 Å². The topological polar surface area (TPSA) is 100 Å². The Balaban J connectivity index is 1.91. The minimum Gasteiger partial charge on any atom is -0.496 e. The van der Waals surface area contributed by atoms with Crippen LogP contribution in [0.15, 0.2) is 58.6 Å². The zero-order valence-electron chi connectivity index (χ0n) is 15.0. The molecule has 1 aromatic heterocycles. The first kappa shape index (κ1) is 19.4. The summed E-state index contributed by atoms with van der Waals surface area (Å²) in [5.74, 6) is 1.84. The van der Waals surface area contributed by atoms with Gasteiger partial charge in [0.2, 0.25) is 10.0 Å². The number of nitrogens with two attached hydrogens (primary N) is 1. The van der Waals surface area contributed by atoms with Crippen molar-refractivity contribution in [1.82, 2.24) is 14.8 Å². The fraction of sp³-hybridized carbons (Fsp3) is 0.222. The van der Waals surface area contributed by atoms with Crippen molar-refractivity contribution in [2.24, 2.45) is 5.14 Å². The Bertz CT molecular complexity index is 1050. The second-order valence-corrected chi connectivity index (χ2v) is 8.16. The van der Waals surface area contributed by atoms with Crippen LogP contribution in [0.1, 0.15) is 12.5 Å². The van der Waals surface area contributed by atoms with Gasteiger partial charge in [0.1, 0.15) is 5.75 Å². The number of primary sulfonamides is 1. The smallest absolute Gasteiger partial charge is 0.238 e. The van der Waals surface area contributed by atoms with Gasteiger partial charge in [-0.3, -0.25) is 0 Å². The van der Waals surface area contributed by atoms with E-state index in [4.69, 9.17) is 9.88 Å². The van der Waals surface area contributed by atoms with Crippen molar-refractivity contribution in [3.63, 3.8) is 0 Å². The summed E-state index contributed by atoms with van der Waals surface area (Å²) in [6, 6.07) is 14.3. The van der Waals surface area contributed by atoms with Gasteiger partial charge in [-0.15, -0.1) is 10.2 Å². The van der Waals surface area contributed by atoms with Crippen molar-refractivity contribution in [2.45, 2.75) is 29.3 Å². The molecular formula is C18H20N4O3S2. The summed E-state index contributed by atoms with van der Waals surface area (Å²) in [5.41, 5.74) is 1.49. The van der Waals surface area contributed by atoms with Crippen LogP contribution in [0.5, 0.6) is 5.75 Å². The molecule has 0 radical (unpaired) electrons. The van der Waals surface area contributed by atoms with Gasteiger partial charge in [0.05, 0.1) is 17.6 Å². The number of nitrogens with zero attached hydrogens (tertiary/aromatic N) is 3. The zero-order valence-corrected chi connectivity index (χ0v) is 16.6. The van der Waals surface area contributed by atoms with E-state index in [9.17, 15) is 8.42 Å². The Labute approximate surface area is 162 Å². The van der Waals surface area contributed by atoms with Crippen LogP contribution in [0, 0.1) is 0 Å². The molecule has 27 heavy (non-hydrogen) atoms. The molecule has 2 N–H and O–H groups in total. The highest BCUT2D eigenvalue weighted by atomic mass is 32.2. The Kier molecular flexibility index (Phi) is 5.83. The minimum atomic E-state index is -3.77. The predicted molar refractivity (Wildman–Crippen MR) is 105 cm³/mol. The summed E-state index contributed by atoms with van der Waals surface area (Å²) >= 11 is 1.41. The Morgan fingerprint density at radius 1 is 1.11 bits per heavy atom. The molecule has 7 nitrogen and oxygen atoms in total. The normalized spacial score (nSPS) is 11.5. The summed E-state index contributed by atoms with van der Waals surface area (Å²) in [6.45, 7) is 2.67. The van der Waals surface area contributed by atoms with Crippen LogP contribution in [-0.2, 0) is 22.3 Å². The molecule has 0 saturated heterocycles. The molecule has 0 bridgehead atoms. The quantitative estimate of drug-likeness (QED) is 0.608. The molecule has 0 aliphatic carbocycles. The van der Waals surface area contributed by atoms with Crippen molar-refractivity contribution in [3.8, 4) is 17.1 Å². The summed E-state index contributed by atoms with van der Waals surface area (Å²) in [5, 5.41) is 14.6. The number of aromatic nitrogens is 3. The van der Waals surface area contributed by atoms with Gasteiger partial charge in [-0.25, -0.2) is 13.6 Å². The molecular weight excluding hydrogens is 384 g/mol. The number of sulfonamides is 1. The highest BCUT2D eigenvalue weighted by Crippen LogP contribution is 2.32. The third-order valence-corrected chi connectivity index (χ3v) is 6.04. The van der Waals surface area contributed by atoms with E-state index >= 15 is 0 Å². The molecule has 142 valence electrons. The molecule has 0 unspecified atom stereocenters. The Morgan fingerprint density at radius 2 is 1.81 bits per heavy atom. The van der Waals surface area contributed by atoms with Crippen molar-refractivity contribution in [3.05, 3.63) is 54.1 Å². The van der Waals surface area contributed by atoms with Crippen molar-refractivity contribution in [1.29, 1.82) is 0 Å². The second-order valence-electron chi connectivity index (χ2n) is 5.69. The summed E-state index contributed by atoms with van der Waals surface area (Å²) < 4.78 is 30.9. The highest BCUT2D eigenvalue weighted by molar-refractivity contribution is 7.98. The molecule has 0 fully saturated rings. The van der Waals surface area contributed by atoms with Gasteiger partial charge in [-0.1, -0.05) is 42.1 Å². The Hall–Kier alpha value is -2.36. The molecule has 0 amide bonds. The van der Waals surface area contributed by atoms with Crippen molar-refractivity contribution >= 4 is 21.8 Å². The van der Waals surface area contributed by atoms with Gasteiger partial charge in [-0.05, 0) is 30.7 Å². The van der Waals surface area contributed by atoms with Crippen LogP contribution >= 0.6 is 11.8 Å². The maximum absolute atomic E-state index is 11.8. The van der Waals surface area contributed by atoms with E-state index in [1.165, 1.54) is 17.8 Å². The fourth-order valence-electron chi connectivity index (χ4n) is 2.75. The monoisotopic (exact) mass is 404 g/mol. The third kappa shape index (κ3) is 4.15. The number of hydrogen-bond donors (Lipinski definition) is 1. The van der Waals surface area contributed by atoms with Gasteiger partial charge >= 0.3 is 0 Å². The van der Waals surface area contributed by atoms with E-state index in [1.807, 2.05) is 35.8 Å². The SMILES string of the molecule is CCn1c(SCc2ccccc2S(N)(=O)=O)nnc1-c1ccccc1OC. The van der Waals surface area contributed by atoms with E-state index < -0.39 is 10.0 Å². The van der Waals surface area contributed by atoms with E-state index in [2.05, 4.69) is 10.2 Å². The van der Waals surface area contributed by atoms with Crippen LogP contribution < -0.4 is 9.88 Å². The molecule has 0 saturated carbocycles. The second kappa shape index (κ2) is 8.12. The summed E-state index contributed by atoms with van der Waals surface area (Å²) in [7, 11) is -2.16. The number of rotatable bonds is 7. The molecule has 2 aromatic carbocycles. The molecule has 0 atom stereocenters. The standard InChI is InChI=1S/C18H20N4O3S2/c1-3-22-17(14-9-5-6-10-15(14)25-2)20-21-18(22)26-12-13-8-4-7-11-16(13)27(19,23)24/h4-11H,3,12H2,1-2H3,(H2,19,23,24). The number of thioether (sulfide) groups is 1. The molecule has 3 rings (SSSR count). The highest BCUT2D eigenvalue weighted by Gasteiger charge is 2.18. The first-order chi connectivity index (χ1) is 13.0. The number of hydrogen-bond acceptors (Lipinski definition) is 6. The van der Waals surface area contributed by atoms with Crippen molar-refractivity contribution in [2.75, 3.05) is 7.11 Å². The van der Waals surface area contributed by atoms with E-state index in [-0.39, 0.29) is 4.90 Å². The summed E-state index contributed by atoms with van der Waals surface area (Å²) in [4.78, 5) is 0.130. The van der Waals surface area contributed by atoms with E-state index in [1.54, 1.807) is 25.3 Å². The lowest BCUT2D eigenvalue weighted by molar-refractivity contribution is 0.416. The number of benzene rings is 2. The first-order valence-corrected chi connectivity index (χ1v) is 10.8. The maximum atomic E-state index is 11.8. The molecule has 9 heteroatoms. The third-order valence-electron chi connectivity index (χ3n) is 4.02. The van der Waals surface area contributed by atoms with Crippen LogP contribution in [-0.4, -0.2) is 30.3 Å². The lowest BCUT2D eigenvalue weighted by atomic mass is 10.2. The van der Waals surface area contributed by atoms with Crippen LogP contribution in [0.3, 0.4) is 0 Å². The van der Waals surface area contributed by atoms with Crippen LogP contribution in [0.4, 0.5) is 0 Å². The maximum Gasteiger partial charge on any atom is 0.238 e. The van der Waals surface area contributed by atoms with Gasteiger partial charge in [0.25, 0.3) is 0 Å². The van der Waals surface area contributed by atoms with Gasteiger partial charge in [0.15, 0.2) is 11.0 Å². The predicted octanol–water partition coefficient (Wildman–Crippen LogP) is 2.91. The van der Waals surface area contributed by atoms with Crippen LogP contribution in [0.25, 0.3) is 11.4 Å². The molecule has 0 aliphatic rings. The van der Waals surface area contributed by atoms with Gasteiger partial charge in [0, 0.05) is 12.3 Å². The molecule has 3 aromatic rings. The molecule has 0 spiro atoms. The molecule has 1 heterocycles. The van der Waals surface area contributed by atoms with Crippen molar-refractivity contribution < 1.29 is 13.2 Å². The average molecular weight is 405 g/mol. The minimum absolute atomic E-state index is 0.130. The lowest BCUT2D eigenvalue weighted by Crippen LogP contribution is -2.14. The zero-order chi connectivity index (χ0) is 19.4. The summed E-state index contributed by atoms with van der Waals surface area (Å²) in [6.07, 6.45) is 0. The number of para-hydroxylation sites is 1. The van der Waals surface area contributed by atoms with E-state index in [0.29, 0.717) is 28.8 Å². The van der Waals surface area contributed by atoms with Crippen LogP contribution in [0.2, 0.25) is 0 Å². The Morgan fingerprint density at radius 3 is 2.52 bits per heavy atom. The lowest BCUT2D eigenvalue weighted by Gasteiger charge is -2.11.